The fourth-order valence-electron chi connectivity index (χ4n) is 1.62. The van der Waals surface area contributed by atoms with Crippen LogP contribution in [0, 0.1) is 0 Å². The molecule has 0 aliphatic rings. The lowest BCUT2D eigenvalue weighted by molar-refractivity contribution is -0.140. The van der Waals surface area contributed by atoms with Crippen molar-refractivity contribution in [3.63, 3.8) is 0 Å². The fourth-order valence-corrected chi connectivity index (χ4v) is 1.62. The Morgan fingerprint density at radius 1 is 1.38 bits per heavy atom. The lowest BCUT2D eigenvalue weighted by atomic mass is 10.2. The highest BCUT2D eigenvalue weighted by atomic mass is 16.5. The molecule has 0 spiro atoms. The summed E-state index contributed by atoms with van der Waals surface area (Å²) in [5.74, 6) is -0.577. The molecule has 114 valence electrons. The Morgan fingerprint density at radius 3 is 2.76 bits per heavy atom. The third-order valence-corrected chi connectivity index (χ3v) is 2.76. The van der Waals surface area contributed by atoms with Gasteiger partial charge >= 0.3 is 5.97 Å². The zero-order chi connectivity index (χ0) is 15.7. The van der Waals surface area contributed by atoms with Gasteiger partial charge in [0.25, 0.3) is 0 Å². The van der Waals surface area contributed by atoms with Crippen LogP contribution in [0.1, 0.15) is 12.0 Å². The molecule has 6 heteroatoms. The molecule has 0 fully saturated rings. The van der Waals surface area contributed by atoms with Crippen molar-refractivity contribution in [2.45, 2.75) is 12.5 Å². The van der Waals surface area contributed by atoms with E-state index in [9.17, 15) is 9.59 Å². The van der Waals surface area contributed by atoms with Crippen LogP contribution >= 0.6 is 0 Å². The van der Waals surface area contributed by atoms with E-state index >= 15 is 0 Å². The Bertz CT molecular complexity index is 513. The van der Waals surface area contributed by atoms with E-state index in [1.807, 2.05) is 18.2 Å². The Balaban J connectivity index is 2.48. The SMILES string of the molecule is COc1cccc(/C=C/C(=O)NCC(CC(=O)O)OC)c1. The largest absolute Gasteiger partial charge is 0.497 e. The van der Waals surface area contributed by atoms with Crippen molar-refractivity contribution in [3.05, 3.63) is 35.9 Å². The molecule has 0 saturated carbocycles. The van der Waals surface area contributed by atoms with Crippen molar-refractivity contribution >= 4 is 18.0 Å². The molecule has 1 amide bonds. The molecule has 6 nitrogen and oxygen atoms in total. The summed E-state index contributed by atoms with van der Waals surface area (Å²) in [5, 5.41) is 11.3. The molecule has 0 aromatic heterocycles. The minimum atomic E-state index is -0.969. The molecule has 1 aromatic carbocycles. The number of aliphatic carboxylic acids is 1. The van der Waals surface area contributed by atoms with Crippen LogP contribution in [-0.4, -0.2) is 43.9 Å². The molecule has 1 rings (SSSR count). The maximum Gasteiger partial charge on any atom is 0.306 e. The quantitative estimate of drug-likeness (QED) is 0.706. The lowest BCUT2D eigenvalue weighted by Gasteiger charge is -2.12. The predicted octanol–water partition coefficient (Wildman–Crippen LogP) is 1.31. The summed E-state index contributed by atoms with van der Waals surface area (Å²) in [5.41, 5.74) is 0.832. The topological polar surface area (TPSA) is 84.9 Å². The van der Waals surface area contributed by atoms with Crippen LogP contribution in [0.15, 0.2) is 30.3 Å². The number of methoxy groups -OCH3 is 2. The summed E-state index contributed by atoms with van der Waals surface area (Å²) >= 11 is 0. The van der Waals surface area contributed by atoms with Crippen molar-refractivity contribution in [1.29, 1.82) is 0 Å². The van der Waals surface area contributed by atoms with Gasteiger partial charge in [-0.25, -0.2) is 0 Å². The van der Waals surface area contributed by atoms with E-state index in [4.69, 9.17) is 14.6 Å². The van der Waals surface area contributed by atoms with Gasteiger partial charge in [-0.2, -0.15) is 0 Å². The highest BCUT2D eigenvalue weighted by Crippen LogP contribution is 2.13. The van der Waals surface area contributed by atoms with Gasteiger partial charge < -0.3 is 19.9 Å². The van der Waals surface area contributed by atoms with E-state index in [1.54, 1.807) is 19.3 Å². The van der Waals surface area contributed by atoms with Crippen LogP contribution in [0.3, 0.4) is 0 Å². The first kappa shape index (κ1) is 16.7. The number of carbonyl (C=O) groups is 2. The molecule has 0 bridgehead atoms. The molecular formula is C15H19NO5. The Morgan fingerprint density at radius 2 is 2.14 bits per heavy atom. The van der Waals surface area contributed by atoms with E-state index in [0.717, 1.165) is 5.56 Å². The number of hydrogen-bond acceptors (Lipinski definition) is 4. The van der Waals surface area contributed by atoms with Crippen LogP contribution in [0.4, 0.5) is 0 Å². The average molecular weight is 293 g/mol. The molecule has 2 N–H and O–H groups in total. The average Bonchev–Trinajstić information content (AvgIpc) is 2.49. The maximum atomic E-state index is 11.6. The molecule has 1 unspecified atom stereocenters. The molecule has 0 aliphatic carbocycles. The van der Waals surface area contributed by atoms with E-state index < -0.39 is 12.1 Å². The number of rotatable bonds is 8. The van der Waals surface area contributed by atoms with Gasteiger partial charge in [0.05, 0.1) is 19.6 Å². The summed E-state index contributed by atoms with van der Waals surface area (Å²) in [7, 11) is 2.98. The van der Waals surface area contributed by atoms with Gasteiger partial charge in [0.1, 0.15) is 5.75 Å². The van der Waals surface area contributed by atoms with Gasteiger partial charge in [0.2, 0.25) is 5.91 Å². The van der Waals surface area contributed by atoms with Crippen LogP contribution in [0.25, 0.3) is 6.08 Å². The van der Waals surface area contributed by atoms with Crippen molar-refractivity contribution in [2.75, 3.05) is 20.8 Å². The van der Waals surface area contributed by atoms with Gasteiger partial charge in [-0.1, -0.05) is 12.1 Å². The lowest BCUT2D eigenvalue weighted by Crippen LogP contribution is -2.33. The second kappa shape index (κ2) is 8.76. The van der Waals surface area contributed by atoms with E-state index in [0.29, 0.717) is 5.75 Å². The number of amides is 1. The Hall–Kier alpha value is -2.34. The molecule has 0 radical (unpaired) electrons. The van der Waals surface area contributed by atoms with Crippen molar-refractivity contribution in [1.82, 2.24) is 5.32 Å². The molecule has 1 aromatic rings. The minimum absolute atomic E-state index is 0.143. The van der Waals surface area contributed by atoms with E-state index in [-0.39, 0.29) is 18.9 Å². The number of hydrogen-bond donors (Lipinski definition) is 2. The fraction of sp³-hybridized carbons (Fsp3) is 0.333. The Kier molecular flexibility index (Phi) is 6.97. The third kappa shape index (κ3) is 6.58. The van der Waals surface area contributed by atoms with Crippen molar-refractivity contribution < 1.29 is 24.2 Å². The number of ether oxygens (including phenoxy) is 2. The molecule has 1 atom stereocenters. The van der Waals surface area contributed by atoms with Crippen molar-refractivity contribution in [2.24, 2.45) is 0 Å². The summed E-state index contributed by atoms with van der Waals surface area (Å²) < 4.78 is 10.1. The number of nitrogens with one attached hydrogen (secondary N) is 1. The number of carboxylic acid groups (broad SMARTS) is 1. The first-order valence-corrected chi connectivity index (χ1v) is 6.39. The molecular weight excluding hydrogens is 274 g/mol. The van der Waals surface area contributed by atoms with E-state index in [1.165, 1.54) is 13.2 Å². The first-order valence-electron chi connectivity index (χ1n) is 6.39. The minimum Gasteiger partial charge on any atom is -0.497 e. The van der Waals surface area contributed by atoms with Crippen LogP contribution in [0.5, 0.6) is 5.75 Å². The van der Waals surface area contributed by atoms with Crippen molar-refractivity contribution in [3.8, 4) is 5.75 Å². The van der Waals surface area contributed by atoms with Crippen LogP contribution < -0.4 is 10.1 Å². The van der Waals surface area contributed by atoms with Gasteiger partial charge in [0, 0.05) is 19.7 Å². The van der Waals surface area contributed by atoms with Gasteiger partial charge in [-0.3, -0.25) is 9.59 Å². The predicted molar refractivity (Wildman–Crippen MR) is 78.1 cm³/mol. The smallest absolute Gasteiger partial charge is 0.306 e. The number of carbonyl (C=O) groups excluding carboxylic acids is 1. The van der Waals surface area contributed by atoms with Gasteiger partial charge in [0.15, 0.2) is 0 Å². The van der Waals surface area contributed by atoms with Gasteiger partial charge in [-0.05, 0) is 23.8 Å². The zero-order valence-corrected chi connectivity index (χ0v) is 12.0. The zero-order valence-electron chi connectivity index (χ0n) is 12.0. The molecule has 21 heavy (non-hydrogen) atoms. The summed E-state index contributed by atoms with van der Waals surface area (Å²) in [6.07, 6.45) is 2.33. The highest BCUT2D eigenvalue weighted by Gasteiger charge is 2.12. The normalized spacial score (nSPS) is 12.1. The molecule has 0 heterocycles. The van der Waals surface area contributed by atoms with Crippen LogP contribution in [-0.2, 0) is 14.3 Å². The standard InChI is InChI=1S/C15H19NO5/c1-20-12-5-3-4-11(8-12)6-7-14(17)16-10-13(21-2)9-15(18)19/h3-8,13H,9-10H2,1-2H3,(H,16,17)(H,18,19)/b7-6+. The summed E-state index contributed by atoms with van der Waals surface area (Å²) in [4.78, 5) is 22.2. The van der Waals surface area contributed by atoms with Gasteiger partial charge in [-0.15, -0.1) is 0 Å². The monoisotopic (exact) mass is 293 g/mol. The number of benzene rings is 1. The highest BCUT2D eigenvalue weighted by molar-refractivity contribution is 5.91. The second-order valence-electron chi connectivity index (χ2n) is 4.31. The number of carboxylic acids is 1. The molecule has 0 saturated heterocycles. The second-order valence-corrected chi connectivity index (χ2v) is 4.31. The van der Waals surface area contributed by atoms with E-state index in [2.05, 4.69) is 5.32 Å². The maximum absolute atomic E-state index is 11.6. The first-order chi connectivity index (χ1) is 10.0. The summed E-state index contributed by atoms with van der Waals surface area (Å²) in [6, 6.07) is 7.28. The van der Waals surface area contributed by atoms with Crippen LogP contribution in [0.2, 0.25) is 0 Å². The molecule has 0 aliphatic heterocycles. The Labute approximate surface area is 123 Å². The summed E-state index contributed by atoms with van der Waals surface area (Å²) in [6.45, 7) is 0.143. The third-order valence-electron chi connectivity index (χ3n) is 2.76.